The standard InChI is InChI=1S/C17H12N2O4S2/c1-9(20)10-5-13-14(23-8-22-13)6-11(10)18-16(21)12-7-25-17(19-12)15-3-2-4-24-15/h2-7H,8H2,1H3,(H,18,21). The van der Waals surface area contributed by atoms with Gasteiger partial charge in [-0.3, -0.25) is 9.59 Å². The summed E-state index contributed by atoms with van der Waals surface area (Å²) in [6.07, 6.45) is 0. The van der Waals surface area contributed by atoms with Crippen LogP contribution in [0.4, 0.5) is 5.69 Å². The van der Waals surface area contributed by atoms with Gasteiger partial charge >= 0.3 is 0 Å². The molecule has 0 atom stereocenters. The van der Waals surface area contributed by atoms with E-state index in [2.05, 4.69) is 10.3 Å². The molecule has 0 radical (unpaired) electrons. The van der Waals surface area contributed by atoms with E-state index in [1.54, 1.807) is 28.8 Å². The second kappa shape index (κ2) is 6.30. The molecule has 1 amide bonds. The number of nitrogens with one attached hydrogen (secondary N) is 1. The molecule has 1 aromatic carbocycles. The summed E-state index contributed by atoms with van der Waals surface area (Å²) >= 11 is 2.97. The summed E-state index contributed by atoms with van der Waals surface area (Å²) in [6, 6.07) is 7.08. The van der Waals surface area contributed by atoms with Gasteiger partial charge in [0.2, 0.25) is 6.79 Å². The van der Waals surface area contributed by atoms with Gasteiger partial charge < -0.3 is 14.8 Å². The van der Waals surface area contributed by atoms with Gasteiger partial charge in [0.05, 0.1) is 10.6 Å². The first kappa shape index (κ1) is 15.8. The number of rotatable bonds is 4. The number of ketones is 1. The average Bonchev–Trinajstić information content (AvgIpc) is 3.33. The second-order valence-corrected chi connectivity index (χ2v) is 7.08. The number of Topliss-reactive ketones (excluding diaryl/α,β-unsaturated/α-hetero) is 1. The molecule has 0 spiro atoms. The van der Waals surface area contributed by atoms with E-state index in [0.29, 0.717) is 28.4 Å². The van der Waals surface area contributed by atoms with Crippen LogP contribution in [0.5, 0.6) is 11.5 Å². The third kappa shape index (κ3) is 3.01. The zero-order chi connectivity index (χ0) is 17.4. The molecule has 25 heavy (non-hydrogen) atoms. The lowest BCUT2D eigenvalue weighted by Crippen LogP contribution is -2.14. The Labute approximate surface area is 151 Å². The third-order valence-corrected chi connectivity index (χ3v) is 5.49. The minimum Gasteiger partial charge on any atom is -0.454 e. The number of ether oxygens (including phenoxy) is 2. The Morgan fingerprint density at radius 3 is 2.72 bits per heavy atom. The van der Waals surface area contributed by atoms with E-state index in [-0.39, 0.29) is 18.5 Å². The van der Waals surface area contributed by atoms with Gasteiger partial charge in [-0.05, 0) is 24.4 Å². The number of aromatic nitrogens is 1. The summed E-state index contributed by atoms with van der Waals surface area (Å²) in [4.78, 5) is 29.8. The number of thiazole rings is 1. The lowest BCUT2D eigenvalue weighted by Gasteiger charge is -2.09. The number of hydrogen-bond acceptors (Lipinski definition) is 7. The molecule has 126 valence electrons. The zero-order valence-corrected chi connectivity index (χ0v) is 14.7. The van der Waals surface area contributed by atoms with E-state index in [0.717, 1.165) is 9.88 Å². The molecule has 0 saturated heterocycles. The van der Waals surface area contributed by atoms with Crippen LogP contribution in [-0.2, 0) is 0 Å². The maximum Gasteiger partial charge on any atom is 0.275 e. The van der Waals surface area contributed by atoms with Gasteiger partial charge in [0.1, 0.15) is 10.7 Å². The van der Waals surface area contributed by atoms with Gasteiger partial charge in [-0.2, -0.15) is 0 Å². The molecular formula is C17H12N2O4S2. The fourth-order valence-electron chi connectivity index (χ4n) is 2.41. The molecule has 8 heteroatoms. The lowest BCUT2D eigenvalue weighted by molar-refractivity contribution is 0.101. The Bertz CT molecular complexity index is 963. The molecule has 2 aromatic heterocycles. The van der Waals surface area contributed by atoms with E-state index in [4.69, 9.17) is 9.47 Å². The van der Waals surface area contributed by atoms with Crippen molar-refractivity contribution in [3.63, 3.8) is 0 Å². The van der Waals surface area contributed by atoms with Crippen LogP contribution >= 0.6 is 22.7 Å². The van der Waals surface area contributed by atoms with Crippen molar-refractivity contribution >= 4 is 40.1 Å². The molecular weight excluding hydrogens is 360 g/mol. The number of hydrogen-bond donors (Lipinski definition) is 1. The highest BCUT2D eigenvalue weighted by atomic mass is 32.1. The van der Waals surface area contributed by atoms with Crippen molar-refractivity contribution < 1.29 is 19.1 Å². The molecule has 0 aliphatic carbocycles. The molecule has 0 saturated carbocycles. The monoisotopic (exact) mass is 372 g/mol. The summed E-state index contributed by atoms with van der Waals surface area (Å²) in [7, 11) is 0. The van der Waals surface area contributed by atoms with Crippen LogP contribution in [0.25, 0.3) is 9.88 Å². The first-order valence-electron chi connectivity index (χ1n) is 7.37. The van der Waals surface area contributed by atoms with Crippen LogP contribution in [0.3, 0.4) is 0 Å². The fourth-order valence-corrected chi connectivity index (χ4v) is 4.03. The Morgan fingerprint density at radius 1 is 1.20 bits per heavy atom. The molecule has 1 aliphatic heterocycles. The summed E-state index contributed by atoms with van der Waals surface area (Å²) in [6.45, 7) is 1.53. The number of fused-ring (bicyclic) bond motifs is 1. The Morgan fingerprint density at radius 2 is 2.00 bits per heavy atom. The average molecular weight is 372 g/mol. The summed E-state index contributed by atoms with van der Waals surface area (Å²) in [5.74, 6) is 0.446. The summed E-state index contributed by atoms with van der Waals surface area (Å²) in [5, 5.41) is 7.20. The largest absolute Gasteiger partial charge is 0.454 e. The molecule has 6 nitrogen and oxygen atoms in total. The zero-order valence-electron chi connectivity index (χ0n) is 13.1. The summed E-state index contributed by atoms with van der Waals surface area (Å²) in [5.41, 5.74) is 1.05. The maximum atomic E-state index is 12.5. The Balaban J connectivity index is 1.62. The van der Waals surface area contributed by atoms with E-state index < -0.39 is 0 Å². The molecule has 0 unspecified atom stereocenters. The van der Waals surface area contributed by atoms with Crippen molar-refractivity contribution in [3.8, 4) is 21.4 Å². The van der Waals surface area contributed by atoms with Crippen LogP contribution in [0.2, 0.25) is 0 Å². The van der Waals surface area contributed by atoms with Crippen molar-refractivity contribution in [2.75, 3.05) is 12.1 Å². The quantitative estimate of drug-likeness (QED) is 0.699. The number of carbonyl (C=O) groups is 2. The second-order valence-electron chi connectivity index (χ2n) is 5.28. The van der Waals surface area contributed by atoms with Crippen molar-refractivity contribution in [2.45, 2.75) is 6.92 Å². The number of benzene rings is 1. The first-order chi connectivity index (χ1) is 12.1. The van der Waals surface area contributed by atoms with Crippen molar-refractivity contribution in [1.29, 1.82) is 0 Å². The Hall–Kier alpha value is -2.71. The van der Waals surface area contributed by atoms with Crippen LogP contribution in [-0.4, -0.2) is 23.5 Å². The van der Waals surface area contributed by atoms with E-state index in [1.807, 2.05) is 17.5 Å². The van der Waals surface area contributed by atoms with E-state index in [9.17, 15) is 9.59 Å². The fraction of sp³-hybridized carbons (Fsp3) is 0.118. The third-order valence-electron chi connectivity index (χ3n) is 3.61. The molecule has 0 fully saturated rings. The highest BCUT2D eigenvalue weighted by Gasteiger charge is 2.21. The van der Waals surface area contributed by atoms with Gasteiger partial charge in [0.25, 0.3) is 5.91 Å². The smallest absolute Gasteiger partial charge is 0.275 e. The van der Waals surface area contributed by atoms with Gasteiger partial charge in [-0.25, -0.2) is 4.98 Å². The van der Waals surface area contributed by atoms with Crippen LogP contribution in [0.15, 0.2) is 35.0 Å². The predicted octanol–water partition coefficient (Wildman–Crippen LogP) is 4.06. The van der Waals surface area contributed by atoms with Gasteiger partial charge in [-0.1, -0.05) is 6.07 Å². The van der Waals surface area contributed by atoms with Gasteiger partial charge in [0.15, 0.2) is 17.3 Å². The van der Waals surface area contributed by atoms with Gasteiger partial charge in [0, 0.05) is 17.0 Å². The molecule has 3 heterocycles. The summed E-state index contributed by atoms with van der Waals surface area (Å²) < 4.78 is 10.6. The molecule has 1 aliphatic rings. The first-order valence-corrected chi connectivity index (χ1v) is 9.13. The van der Waals surface area contributed by atoms with Crippen molar-refractivity contribution in [2.24, 2.45) is 0 Å². The van der Waals surface area contributed by atoms with Crippen LogP contribution in [0.1, 0.15) is 27.8 Å². The molecule has 1 N–H and O–H groups in total. The van der Waals surface area contributed by atoms with E-state index in [1.165, 1.54) is 18.3 Å². The topological polar surface area (TPSA) is 77.5 Å². The minimum atomic E-state index is -0.375. The normalized spacial score (nSPS) is 12.2. The molecule has 4 rings (SSSR count). The molecule has 0 bridgehead atoms. The van der Waals surface area contributed by atoms with Crippen molar-refractivity contribution in [1.82, 2.24) is 4.98 Å². The predicted molar refractivity (Wildman–Crippen MR) is 95.9 cm³/mol. The number of anilines is 1. The van der Waals surface area contributed by atoms with E-state index >= 15 is 0 Å². The highest BCUT2D eigenvalue weighted by molar-refractivity contribution is 7.20. The number of carbonyl (C=O) groups excluding carboxylic acids is 2. The van der Waals surface area contributed by atoms with Crippen LogP contribution < -0.4 is 14.8 Å². The number of nitrogens with zero attached hydrogens (tertiary/aromatic N) is 1. The van der Waals surface area contributed by atoms with Crippen LogP contribution in [0, 0.1) is 0 Å². The maximum absolute atomic E-state index is 12.5. The SMILES string of the molecule is CC(=O)c1cc2c(cc1NC(=O)c1csc(-c3cccs3)n1)OCO2. The highest BCUT2D eigenvalue weighted by Crippen LogP contribution is 2.37. The minimum absolute atomic E-state index is 0.0976. The number of thiophene rings is 1. The van der Waals surface area contributed by atoms with Crippen molar-refractivity contribution in [3.05, 3.63) is 46.3 Å². The Kier molecular flexibility index (Phi) is 3.98. The lowest BCUT2D eigenvalue weighted by atomic mass is 10.1. The number of amides is 1. The van der Waals surface area contributed by atoms with Gasteiger partial charge in [-0.15, -0.1) is 22.7 Å². The molecule has 3 aromatic rings.